The second-order valence-electron chi connectivity index (χ2n) is 6.72. The first-order valence-electron chi connectivity index (χ1n) is 8.47. The van der Waals surface area contributed by atoms with Crippen molar-refractivity contribution < 1.29 is 21.6 Å². The van der Waals surface area contributed by atoms with Crippen LogP contribution in [0.25, 0.3) is 0 Å². The molecule has 0 spiro atoms. The third kappa shape index (κ3) is 4.71. The van der Waals surface area contributed by atoms with Crippen LogP contribution in [0.15, 0.2) is 22.4 Å². The van der Waals surface area contributed by atoms with Gasteiger partial charge in [0.25, 0.3) is 0 Å². The number of rotatable bonds is 5. The zero-order chi connectivity index (χ0) is 18.8. The van der Waals surface area contributed by atoms with E-state index >= 15 is 0 Å². The number of sulfonamides is 1. The van der Waals surface area contributed by atoms with Crippen LogP contribution in [-0.2, 0) is 10.0 Å². The number of alkyl halides is 3. The molecule has 25 heavy (non-hydrogen) atoms. The first-order chi connectivity index (χ1) is 11.6. The molecule has 144 valence electrons. The average Bonchev–Trinajstić information content (AvgIpc) is 2.72. The summed E-state index contributed by atoms with van der Waals surface area (Å²) in [6, 6.07) is -0.377. The second kappa shape index (κ2) is 7.88. The second-order valence-corrected chi connectivity index (χ2v) is 9.10. The third-order valence-corrected chi connectivity index (χ3v) is 6.78. The van der Waals surface area contributed by atoms with Crippen LogP contribution < -0.4 is 5.32 Å². The van der Waals surface area contributed by atoms with Gasteiger partial charge in [0, 0.05) is 35.4 Å². The van der Waals surface area contributed by atoms with Crippen LogP contribution in [0, 0.1) is 5.92 Å². The zero-order valence-electron chi connectivity index (χ0n) is 14.4. The SMILES string of the molecule is CCC(C)CCC1CN(S(=O)(=O)C(F)(F)F)CC2=C(Cl)CCC=C2N1. The fourth-order valence-corrected chi connectivity index (χ4v) is 4.25. The molecule has 2 aliphatic rings. The van der Waals surface area contributed by atoms with Gasteiger partial charge in [-0.25, -0.2) is 8.42 Å². The first kappa shape index (κ1) is 20.6. The van der Waals surface area contributed by atoms with Gasteiger partial charge in [-0.2, -0.15) is 17.5 Å². The summed E-state index contributed by atoms with van der Waals surface area (Å²) in [7, 11) is -5.40. The van der Waals surface area contributed by atoms with Gasteiger partial charge in [0.15, 0.2) is 0 Å². The fraction of sp³-hybridized carbons (Fsp3) is 0.750. The maximum Gasteiger partial charge on any atom is 0.511 e. The molecule has 0 aromatic carbocycles. The van der Waals surface area contributed by atoms with Crippen molar-refractivity contribution in [3.63, 3.8) is 0 Å². The summed E-state index contributed by atoms with van der Waals surface area (Å²) < 4.78 is 63.6. The zero-order valence-corrected chi connectivity index (χ0v) is 15.9. The van der Waals surface area contributed by atoms with Gasteiger partial charge in [-0.3, -0.25) is 0 Å². The van der Waals surface area contributed by atoms with Crippen LogP contribution in [0.3, 0.4) is 0 Å². The topological polar surface area (TPSA) is 49.4 Å². The Labute approximate surface area is 152 Å². The van der Waals surface area contributed by atoms with Crippen molar-refractivity contribution in [3.05, 3.63) is 22.4 Å². The minimum absolute atomic E-state index is 0.219. The summed E-state index contributed by atoms with van der Waals surface area (Å²) in [6.45, 7) is 3.56. The van der Waals surface area contributed by atoms with E-state index in [4.69, 9.17) is 11.6 Å². The molecular formula is C16H24ClF3N2O2S. The molecule has 4 nitrogen and oxygen atoms in total. The number of nitrogens with one attached hydrogen (secondary N) is 1. The summed E-state index contributed by atoms with van der Waals surface area (Å²) in [5.74, 6) is 0.427. The molecule has 0 aromatic heterocycles. The number of hydrogen-bond acceptors (Lipinski definition) is 3. The van der Waals surface area contributed by atoms with Crippen molar-refractivity contribution >= 4 is 21.6 Å². The highest BCUT2D eigenvalue weighted by atomic mass is 35.5. The maximum absolute atomic E-state index is 13.1. The van der Waals surface area contributed by atoms with Crippen LogP contribution in [0.2, 0.25) is 0 Å². The lowest BCUT2D eigenvalue weighted by atomic mass is 9.98. The van der Waals surface area contributed by atoms with E-state index in [9.17, 15) is 21.6 Å². The predicted molar refractivity (Wildman–Crippen MR) is 92.4 cm³/mol. The molecule has 0 aromatic rings. The normalized spacial score (nSPS) is 24.2. The molecule has 0 amide bonds. The van der Waals surface area contributed by atoms with Crippen molar-refractivity contribution in [1.82, 2.24) is 9.62 Å². The molecule has 0 radical (unpaired) electrons. The van der Waals surface area contributed by atoms with Crippen LogP contribution in [0.1, 0.15) is 46.0 Å². The minimum Gasteiger partial charge on any atom is -0.381 e. The standard InChI is InChI=1S/C16H24ClF3N2O2S/c1-3-11(2)7-8-12-9-22(25(23,24)16(18,19)20)10-13-14(17)5-4-6-15(13)21-12/h6,11-12,21H,3-5,7-10H2,1-2H3. The quantitative estimate of drug-likeness (QED) is 0.755. The van der Waals surface area contributed by atoms with Gasteiger partial charge < -0.3 is 5.32 Å². The largest absolute Gasteiger partial charge is 0.511 e. The average molecular weight is 401 g/mol. The fourth-order valence-electron chi connectivity index (χ4n) is 3.02. The van der Waals surface area contributed by atoms with Crippen molar-refractivity contribution in [2.75, 3.05) is 13.1 Å². The summed E-state index contributed by atoms with van der Waals surface area (Å²) in [4.78, 5) is 0. The van der Waals surface area contributed by atoms with Crippen molar-refractivity contribution in [3.8, 4) is 0 Å². The van der Waals surface area contributed by atoms with Crippen LogP contribution in [0.5, 0.6) is 0 Å². The number of allylic oxidation sites excluding steroid dienone is 2. The Morgan fingerprint density at radius 1 is 1.44 bits per heavy atom. The van der Waals surface area contributed by atoms with E-state index in [1.807, 2.05) is 6.08 Å². The molecular weight excluding hydrogens is 377 g/mol. The van der Waals surface area contributed by atoms with Gasteiger partial charge in [0.05, 0.1) is 0 Å². The molecule has 2 unspecified atom stereocenters. The number of nitrogens with zero attached hydrogens (tertiary/aromatic N) is 1. The summed E-state index contributed by atoms with van der Waals surface area (Å²) in [5.41, 5.74) is -4.19. The van der Waals surface area contributed by atoms with Crippen LogP contribution >= 0.6 is 11.6 Å². The van der Waals surface area contributed by atoms with Gasteiger partial charge in [-0.05, 0) is 31.6 Å². The van der Waals surface area contributed by atoms with E-state index in [2.05, 4.69) is 19.2 Å². The Morgan fingerprint density at radius 3 is 2.72 bits per heavy atom. The number of hydrogen-bond donors (Lipinski definition) is 1. The van der Waals surface area contributed by atoms with Gasteiger partial charge in [-0.15, -0.1) is 0 Å². The van der Waals surface area contributed by atoms with Crippen LogP contribution in [-0.4, -0.2) is 37.4 Å². The summed E-state index contributed by atoms with van der Waals surface area (Å²) >= 11 is 6.19. The lowest BCUT2D eigenvalue weighted by molar-refractivity contribution is -0.0487. The van der Waals surface area contributed by atoms with E-state index in [-0.39, 0.29) is 19.1 Å². The van der Waals surface area contributed by atoms with Crippen molar-refractivity contribution in [2.24, 2.45) is 5.92 Å². The van der Waals surface area contributed by atoms with Crippen molar-refractivity contribution in [1.29, 1.82) is 0 Å². The van der Waals surface area contributed by atoms with Gasteiger partial charge in [0.1, 0.15) is 0 Å². The molecule has 2 atom stereocenters. The third-order valence-electron chi connectivity index (χ3n) is 4.82. The maximum atomic E-state index is 13.1. The molecule has 0 bridgehead atoms. The molecule has 1 saturated heterocycles. The van der Waals surface area contributed by atoms with Gasteiger partial charge in [-0.1, -0.05) is 37.9 Å². The highest BCUT2D eigenvalue weighted by Crippen LogP contribution is 2.34. The summed E-state index contributed by atoms with van der Waals surface area (Å²) in [5, 5.41) is 3.65. The first-order valence-corrected chi connectivity index (χ1v) is 10.3. The van der Waals surface area contributed by atoms with Gasteiger partial charge >= 0.3 is 15.5 Å². The monoisotopic (exact) mass is 400 g/mol. The predicted octanol–water partition coefficient (Wildman–Crippen LogP) is 4.11. The van der Waals surface area contributed by atoms with Crippen LogP contribution in [0.4, 0.5) is 13.2 Å². The minimum atomic E-state index is -5.40. The lowest BCUT2D eigenvalue weighted by Gasteiger charge is -2.25. The Kier molecular flexibility index (Phi) is 6.49. The van der Waals surface area contributed by atoms with E-state index in [0.29, 0.717) is 45.8 Å². The molecule has 1 aliphatic carbocycles. The Bertz CT molecular complexity index is 659. The Hall–Kier alpha value is -0.730. The Balaban J connectivity index is 2.32. The molecule has 2 rings (SSSR count). The lowest BCUT2D eigenvalue weighted by Crippen LogP contribution is -2.45. The molecule has 1 heterocycles. The Morgan fingerprint density at radius 2 is 2.12 bits per heavy atom. The number of halogens is 4. The van der Waals surface area contributed by atoms with E-state index in [1.165, 1.54) is 0 Å². The number of fused-ring (bicyclic) bond motifs is 1. The van der Waals surface area contributed by atoms with Crippen molar-refractivity contribution in [2.45, 2.75) is 57.5 Å². The van der Waals surface area contributed by atoms with Gasteiger partial charge in [0.2, 0.25) is 0 Å². The molecule has 0 saturated carbocycles. The smallest absolute Gasteiger partial charge is 0.381 e. The molecule has 1 aliphatic heterocycles. The molecule has 9 heteroatoms. The molecule has 1 N–H and O–H groups in total. The van der Waals surface area contributed by atoms with E-state index < -0.39 is 15.5 Å². The van der Waals surface area contributed by atoms with E-state index in [1.54, 1.807) is 0 Å². The van der Waals surface area contributed by atoms with E-state index in [0.717, 1.165) is 12.8 Å². The summed E-state index contributed by atoms with van der Waals surface area (Å²) in [6.07, 6.45) is 5.47. The highest BCUT2D eigenvalue weighted by molar-refractivity contribution is 7.90. The highest BCUT2D eigenvalue weighted by Gasteiger charge is 2.51. The molecule has 1 fully saturated rings.